The Bertz CT molecular complexity index is 830. The molecule has 4 rings (SSSR count). The quantitative estimate of drug-likeness (QED) is 0.276. The van der Waals surface area contributed by atoms with Gasteiger partial charge in [0.05, 0.1) is 0 Å². The Morgan fingerprint density at radius 3 is 2.37 bits per heavy atom. The highest BCUT2D eigenvalue weighted by atomic mass is 16.5. The van der Waals surface area contributed by atoms with Crippen LogP contribution in [0.3, 0.4) is 0 Å². The molecular formula is C31H50O4. The van der Waals surface area contributed by atoms with Crippen molar-refractivity contribution in [3.05, 3.63) is 11.6 Å². The summed E-state index contributed by atoms with van der Waals surface area (Å²) in [5, 5.41) is 0. The van der Waals surface area contributed by atoms with Crippen molar-refractivity contribution in [2.45, 2.75) is 125 Å². The Morgan fingerprint density at radius 2 is 1.71 bits per heavy atom. The van der Waals surface area contributed by atoms with Crippen LogP contribution in [0.5, 0.6) is 0 Å². The molecule has 9 atom stereocenters. The Morgan fingerprint density at radius 1 is 0.971 bits per heavy atom. The van der Waals surface area contributed by atoms with Crippen LogP contribution in [-0.2, 0) is 19.1 Å². The highest BCUT2D eigenvalue weighted by Crippen LogP contribution is 2.67. The zero-order chi connectivity index (χ0) is 25.5. The third-order valence-corrected chi connectivity index (χ3v) is 11.0. The second-order valence-corrected chi connectivity index (χ2v) is 13.4. The molecule has 0 amide bonds. The highest BCUT2D eigenvalue weighted by molar-refractivity contribution is 5.66. The van der Waals surface area contributed by atoms with Gasteiger partial charge in [-0.05, 0) is 104 Å². The largest absolute Gasteiger partial charge is 0.462 e. The summed E-state index contributed by atoms with van der Waals surface area (Å²) >= 11 is 0. The van der Waals surface area contributed by atoms with Crippen molar-refractivity contribution in [3.8, 4) is 0 Å². The van der Waals surface area contributed by atoms with Crippen molar-refractivity contribution in [3.63, 3.8) is 0 Å². The van der Waals surface area contributed by atoms with Crippen LogP contribution in [0.2, 0.25) is 0 Å². The van der Waals surface area contributed by atoms with E-state index in [-0.39, 0.29) is 29.6 Å². The molecule has 198 valence electrons. The maximum atomic E-state index is 12.0. The maximum absolute atomic E-state index is 12.0. The van der Waals surface area contributed by atoms with Crippen molar-refractivity contribution >= 4 is 11.9 Å². The SMILES string of the molecule is CC(=O)O[C@H]1CC[C@@]2(C)C(=CC[C@H]3[C@@H]4CC[C@H]([C@H](C)[C@H](CCC(C)C)OC(C)=O)[C@@]4(C)CC[C@@H]32)C1. The average Bonchev–Trinajstić information content (AvgIpc) is 3.13. The minimum absolute atomic E-state index is 0.0418. The molecule has 0 heterocycles. The van der Waals surface area contributed by atoms with E-state index < -0.39 is 0 Å². The van der Waals surface area contributed by atoms with Crippen LogP contribution in [0.1, 0.15) is 113 Å². The molecule has 0 spiro atoms. The summed E-state index contributed by atoms with van der Waals surface area (Å²) in [6, 6.07) is 0. The summed E-state index contributed by atoms with van der Waals surface area (Å²) in [7, 11) is 0. The summed E-state index contributed by atoms with van der Waals surface area (Å²) in [5.41, 5.74) is 2.17. The first-order chi connectivity index (χ1) is 16.5. The zero-order valence-electron chi connectivity index (χ0n) is 23.4. The summed E-state index contributed by atoms with van der Waals surface area (Å²) in [4.78, 5) is 23.5. The number of rotatable bonds is 7. The smallest absolute Gasteiger partial charge is 0.302 e. The molecule has 0 saturated heterocycles. The number of esters is 2. The topological polar surface area (TPSA) is 52.6 Å². The van der Waals surface area contributed by atoms with Crippen LogP contribution in [0.4, 0.5) is 0 Å². The van der Waals surface area contributed by atoms with E-state index >= 15 is 0 Å². The van der Waals surface area contributed by atoms with Crippen LogP contribution in [-0.4, -0.2) is 24.1 Å². The van der Waals surface area contributed by atoms with Crippen LogP contribution in [0, 0.1) is 46.3 Å². The molecule has 4 nitrogen and oxygen atoms in total. The lowest BCUT2D eigenvalue weighted by atomic mass is 9.47. The van der Waals surface area contributed by atoms with Gasteiger partial charge in [-0.1, -0.05) is 46.3 Å². The zero-order valence-corrected chi connectivity index (χ0v) is 23.4. The average molecular weight is 487 g/mol. The van der Waals surface area contributed by atoms with Gasteiger partial charge in [0, 0.05) is 20.3 Å². The fourth-order valence-electron chi connectivity index (χ4n) is 9.27. The summed E-state index contributed by atoms with van der Waals surface area (Å²) in [6.45, 7) is 15.1. The third-order valence-electron chi connectivity index (χ3n) is 11.0. The molecule has 4 aliphatic carbocycles. The number of hydrogen-bond donors (Lipinski definition) is 0. The van der Waals surface area contributed by atoms with Crippen LogP contribution in [0.25, 0.3) is 0 Å². The monoisotopic (exact) mass is 486 g/mol. The van der Waals surface area contributed by atoms with Crippen LogP contribution in [0.15, 0.2) is 11.6 Å². The number of fused-ring (bicyclic) bond motifs is 5. The molecule has 3 fully saturated rings. The molecule has 0 bridgehead atoms. The summed E-state index contributed by atoms with van der Waals surface area (Å²) in [5.74, 6) is 3.66. The molecule has 0 aromatic carbocycles. The predicted octanol–water partition coefficient (Wildman–Crippen LogP) is 7.50. The van der Waals surface area contributed by atoms with E-state index in [2.05, 4.69) is 40.7 Å². The number of ether oxygens (including phenoxy) is 2. The van der Waals surface area contributed by atoms with Crippen molar-refractivity contribution in [1.82, 2.24) is 0 Å². The van der Waals surface area contributed by atoms with E-state index in [0.717, 1.165) is 49.9 Å². The minimum atomic E-state index is -0.145. The van der Waals surface area contributed by atoms with E-state index in [1.807, 2.05) is 0 Å². The second kappa shape index (κ2) is 10.2. The predicted molar refractivity (Wildman–Crippen MR) is 140 cm³/mol. The fourth-order valence-corrected chi connectivity index (χ4v) is 9.27. The molecule has 0 aromatic rings. The molecule has 35 heavy (non-hydrogen) atoms. The van der Waals surface area contributed by atoms with Crippen molar-refractivity contribution in [2.75, 3.05) is 0 Å². The first-order valence-electron chi connectivity index (χ1n) is 14.5. The van der Waals surface area contributed by atoms with E-state index in [1.54, 1.807) is 12.5 Å². The molecule has 0 aliphatic heterocycles. The molecular weight excluding hydrogens is 436 g/mol. The Hall–Kier alpha value is -1.32. The van der Waals surface area contributed by atoms with Crippen molar-refractivity contribution in [1.29, 1.82) is 0 Å². The molecule has 0 unspecified atom stereocenters. The van der Waals surface area contributed by atoms with E-state index in [4.69, 9.17) is 9.47 Å². The first-order valence-corrected chi connectivity index (χ1v) is 14.5. The number of carbonyl (C=O) groups is 2. The number of hydrogen-bond acceptors (Lipinski definition) is 4. The van der Waals surface area contributed by atoms with Gasteiger partial charge in [-0.3, -0.25) is 9.59 Å². The van der Waals surface area contributed by atoms with Gasteiger partial charge in [-0.25, -0.2) is 0 Å². The van der Waals surface area contributed by atoms with E-state index in [1.165, 1.54) is 39.0 Å². The molecule has 0 N–H and O–H groups in total. The third kappa shape index (κ3) is 5.10. The summed E-state index contributed by atoms with van der Waals surface area (Å²) in [6.07, 6.45) is 14.2. The van der Waals surface area contributed by atoms with Gasteiger partial charge in [-0.2, -0.15) is 0 Å². The number of allylic oxidation sites excluding steroid dienone is 1. The van der Waals surface area contributed by atoms with Crippen LogP contribution >= 0.6 is 0 Å². The second-order valence-electron chi connectivity index (χ2n) is 13.4. The van der Waals surface area contributed by atoms with Gasteiger partial charge in [-0.15, -0.1) is 0 Å². The normalized spacial score (nSPS) is 40.1. The molecule has 3 saturated carbocycles. The van der Waals surface area contributed by atoms with E-state index in [0.29, 0.717) is 23.2 Å². The molecule has 4 heteroatoms. The molecule has 0 aromatic heterocycles. The lowest BCUT2D eigenvalue weighted by Gasteiger charge is -2.58. The van der Waals surface area contributed by atoms with E-state index in [9.17, 15) is 9.59 Å². The van der Waals surface area contributed by atoms with Crippen LogP contribution < -0.4 is 0 Å². The standard InChI is InChI=1S/C31H50O4/c1-19(2)8-13-29(35-22(5)33)20(3)26-11-12-27-25-10-9-23-18-24(34-21(4)32)14-16-30(23,6)28(25)15-17-31(26,27)7/h9,19-20,24-29H,8,10-18H2,1-7H3/t20-,24-,25-,26+,27-,28-,29-,30-,31+/m0/s1. The Kier molecular flexibility index (Phi) is 7.80. The van der Waals surface area contributed by atoms with Gasteiger partial charge in [0.25, 0.3) is 0 Å². The number of carbonyl (C=O) groups excluding carboxylic acids is 2. The van der Waals surface area contributed by atoms with Gasteiger partial charge in [0.2, 0.25) is 0 Å². The maximum Gasteiger partial charge on any atom is 0.302 e. The lowest BCUT2D eigenvalue weighted by Crippen LogP contribution is -2.51. The van der Waals surface area contributed by atoms with Crippen molar-refractivity contribution < 1.29 is 19.1 Å². The highest BCUT2D eigenvalue weighted by Gasteiger charge is 2.59. The Balaban J connectivity index is 1.51. The van der Waals surface area contributed by atoms with Gasteiger partial charge < -0.3 is 9.47 Å². The van der Waals surface area contributed by atoms with Gasteiger partial charge in [0.1, 0.15) is 12.2 Å². The fraction of sp³-hybridized carbons (Fsp3) is 0.871. The minimum Gasteiger partial charge on any atom is -0.462 e. The van der Waals surface area contributed by atoms with Gasteiger partial charge in [0.15, 0.2) is 0 Å². The molecule has 4 aliphatic rings. The van der Waals surface area contributed by atoms with Crippen molar-refractivity contribution in [2.24, 2.45) is 46.3 Å². The lowest BCUT2D eigenvalue weighted by molar-refractivity contribution is -0.152. The van der Waals surface area contributed by atoms with Gasteiger partial charge >= 0.3 is 11.9 Å². The first kappa shape index (κ1) is 26.7. The summed E-state index contributed by atoms with van der Waals surface area (Å²) < 4.78 is 11.6. The Labute approximate surface area is 214 Å². The molecule has 0 radical (unpaired) electrons.